The summed E-state index contributed by atoms with van der Waals surface area (Å²) in [6.07, 6.45) is 5.36. The fourth-order valence-corrected chi connectivity index (χ4v) is 2.83. The standard InChI is InChI=1S/C15H32N2O/c1-5-8-15(10-16-9-6-2)17-11-13(4)18-12-14(17)7-3/h13-16H,5-12H2,1-4H3. The highest BCUT2D eigenvalue weighted by Crippen LogP contribution is 2.19. The van der Waals surface area contributed by atoms with Gasteiger partial charge in [0.05, 0.1) is 12.7 Å². The largest absolute Gasteiger partial charge is 0.376 e. The van der Waals surface area contributed by atoms with E-state index in [1.54, 1.807) is 0 Å². The van der Waals surface area contributed by atoms with Crippen molar-refractivity contribution in [1.29, 1.82) is 0 Å². The number of hydrogen-bond donors (Lipinski definition) is 1. The second-order valence-corrected chi connectivity index (χ2v) is 5.55. The fourth-order valence-electron chi connectivity index (χ4n) is 2.83. The summed E-state index contributed by atoms with van der Waals surface area (Å²) < 4.78 is 5.80. The Hall–Kier alpha value is -0.120. The quantitative estimate of drug-likeness (QED) is 0.676. The predicted molar refractivity (Wildman–Crippen MR) is 78.1 cm³/mol. The highest BCUT2D eigenvalue weighted by Gasteiger charge is 2.30. The number of morpholine rings is 1. The molecule has 0 bridgehead atoms. The zero-order valence-electron chi connectivity index (χ0n) is 12.7. The smallest absolute Gasteiger partial charge is 0.0674 e. The third kappa shape index (κ3) is 4.87. The van der Waals surface area contributed by atoms with Gasteiger partial charge < -0.3 is 10.1 Å². The second kappa shape index (κ2) is 8.89. The average Bonchev–Trinajstić information content (AvgIpc) is 2.38. The first-order chi connectivity index (χ1) is 8.72. The molecule has 1 aliphatic heterocycles. The van der Waals surface area contributed by atoms with Gasteiger partial charge in [0.1, 0.15) is 0 Å². The van der Waals surface area contributed by atoms with E-state index < -0.39 is 0 Å². The lowest BCUT2D eigenvalue weighted by Gasteiger charge is -2.43. The van der Waals surface area contributed by atoms with Crippen LogP contribution < -0.4 is 5.32 Å². The predicted octanol–water partition coefficient (Wildman–Crippen LogP) is 2.65. The van der Waals surface area contributed by atoms with Crippen LogP contribution in [-0.4, -0.2) is 49.3 Å². The van der Waals surface area contributed by atoms with E-state index in [0.717, 1.165) is 26.2 Å². The molecule has 0 saturated carbocycles. The summed E-state index contributed by atoms with van der Waals surface area (Å²) in [5, 5.41) is 3.59. The SMILES string of the molecule is CCCNCC(CCC)N1CC(C)OCC1CC. The average molecular weight is 256 g/mol. The summed E-state index contributed by atoms with van der Waals surface area (Å²) in [7, 11) is 0. The van der Waals surface area contributed by atoms with Gasteiger partial charge in [-0.25, -0.2) is 0 Å². The number of rotatable bonds is 8. The molecule has 0 radical (unpaired) electrons. The molecule has 3 heteroatoms. The van der Waals surface area contributed by atoms with Crippen molar-refractivity contribution in [3.05, 3.63) is 0 Å². The van der Waals surface area contributed by atoms with Gasteiger partial charge in [-0.2, -0.15) is 0 Å². The fraction of sp³-hybridized carbons (Fsp3) is 1.00. The summed E-state index contributed by atoms with van der Waals surface area (Å²) in [5.74, 6) is 0. The van der Waals surface area contributed by atoms with Crippen LogP contribution >= 0.6 is 0 Å². The summed E-state index contributed by atoms with van der Waals surface area (Å²) >= 11 is 0. The van der Waals surface area contributed by atoms with Crippen LogP contribution in [0.15, 0.2) is 0 Å². The summed E-state index contributed by atoms with van der Waals surface area (Å²) in [5.41, 5.74) is 0. The molecular formula is C15H32N2O. The van der Waals surface area contributed by atoms with Crippen molar-refractivity contribution in [3.63, 3.8) is 0 Å². The van der Waals surface area contributed by atoms with Crippen molar-refractivity contribution in [3.8, 4) is 0 Å². The normalized spacial score (nSPS) is 27.3. The van der Waals surface area contributed by atoms with Gasteiger partial charge in [-0.3, -0.25) is 4.90 Å². The first-order valence-electron chi connectivity index (χ1n) is 7.80. The molecule has 3 nitrogen and oxygen atoms in total. The minimum absolute atomic E-state index is 0.387. The Morgan fingerprint density at radius 2 is 2.06 bits per heavy atom. The number of hydrogen-bond acceptors (Lipinski definition) is 3. The molecule has 3 unspecified atom stereocenters. The molecule has 1 N–H and O–H groups in total. The van der Waals surface area contributed by atoms with E-state index in [0.29, 0.717) is 18.2 Å². The van der Waals surface area contributed by atoms with E-state index in [9.17, 15) is 0 Å². The van der Waals surface area contributed by atoms with Crippen molar-refractivity contribution >= 4 is 0 Å². The lowest BCUT2D eigenvalue weighted by molar-refractivity contribution is -0.0733. The Balaban J connectivity index is 2.55. The number of nitrogens with one attached hydrogen (secondary N) is 1. The first-order valence-corrected chi connectivity index (χ1v) is 7.80. The summed E-state index contributed by atoms with van der Waals surface area (Å²) in [6, 6.07) is 1.29. The van der Waals surface area contributed by atoms with Crippen LogP contribution in [0.2, 0.25) is 0 Å². The van der Waals surface area contributed by atoms with E-state index >= 15 is 0 Å². The monoisotopic (exact) mass is 256 g/mol. The van der Waals surface area contributed by atoms with E-state index in [2.05, 4.69) is 37.9 Å². The molecule has 3 atom stereocenters. The highest BCUT2D eigenvalue weighted by atomic mass is 16.5. The minimum atomic E-state index is 0.387. The third-order valence-corrected chi connectivity index (χ3v) is 3.88. The first kappa shape index (κ1) is 15.9. The molecule has 1 fully saturated rings. The Bertz CT molecular complexity index is 211. The highest BCUT2D eigenvalue weighted by molar-refractivity contribution is 4.84. The lowest BCUT2D eigenvalue weighted by atomic mass is 10.0. The van der Waals surface area contributed by atoms with Crippen molar-refractivity contribution in [2.24, 2.45) is 0 Å². The molecule has 1 aliphatic rings. The Morgan fingerprint density at radius 1 is 1.28 bits per heavy atom. The van der Waals surface area contributed by atoms with Gasteiger partial charge in [-0.15, -0.1) is 0 Å². The molecule has 0 aromatic rings. The van der Waals surface area contributed by atoms with Crippen LogP contribution in [0.5, 0.6) is 0 Å². The maximum atomic E-state index is 5.80. The van der Waals surface area contributed by atoms with Crippen LogP contribution in [0.25, 0.3) is 0 Å². The molecule has 1 rings (SSSR count). The van der Waals surface area contributed by atoms with Crippen LogP contribution in [-0.2, 0) is 4.74 Å². The van der Waals surface area contributed by atoms with Crippen molar-refractivity contribution < 1.29 is 4.74 Å². The molecule has 0 aliphatic carbocycles. The van der Waals surface area contributed by atoms with Crippen molar-refractivity contribution in [2.45, 2.75) is 71.6 Å². The van der Waals surface area contributed by atoms with Crippen LogP contribution in [0.4, 0.5) is 0 Å². The van der Waals surface area contributed by atoms with Gasteiger partial charge in [0, 0.05) is 25.2 Å². The van der Waals surface area contributed by atoms with E-state index in [1.807, 2.05) is 0 Å². The van der Waals surface area contributed by atoms with Gasteiger partial charge in [0.2, 0.25) is 0 Å². The van der Waals surface area contributed by atoms with Crippen LogP contribution in [0.3, 0.4) is 0 Å². The zero-order chi connectivity index (χ0) is 13.4. The Kier molecular flexibility index (Phi) is 7.87. The van der Waals surface area contributed by atoms with Gasteiger partial charge in [0.15, 0.2) is 0 Å². The molecule has 1 heterocycles. The van der Waals surface area contributed by atoms with E-state index in [-0.39, 0.29) is 0 Å². The maximum Gasteiger partial charge on any atom is 0.0674 e. The molecule has 0 aromatic carbocycles. The molecule has 0 spiro atoms. The number of ether oxygens (including phenoxy) is 1. The van der Waals surface area contributed by atoms with Crippen molar-refractivity contribution in [2.75, 3.05) is 26.2 Å². The third-order valence-electron chi connectivity index (χ3n) is 3.88. The molecule has 18 heavy (non-hydrogen) atoms. The van der Waals surface area contributed by atoms with Gasteiger partial charge in [-0.05, 0) is 32.7 Å². The topological polar surface area (TPSA) is 24.5 Å². The van der Waals surface area contributed by atoms with E-state index in [1.165, 1.54) is 25.7 Å². The van der Waals surface area contributed by atoms with Gasteiger partial charge in [0.25, 0.3) is 0 Å². The molecule has 1 saturated heterocycles. The van der Waals surface area contributed by atoms with Crippen LogP contribution in [0.1, 0.15) is 53.4 Å². The van der Waals surface area contributed by atoms with E-state index in [4.69, 9.17) is 4.74 Å². The summed E-state index contributed by atoms with van der Waals surface area (Å²) in [6.45, 7) is 13.3. The van der Waals surface area contributed by atoms with Gasteiger partial charge >= 0.3 is 0 Å². The lowest BCUT2D eigenvalue weighted by Crippen LogP contribution is -2.55. The van der Waals surface area contributed by atoms with Crippen LogP contribution in [0, 0.1) is 0 Å². The molecule has 108 valence electrons. The molecule has 0 aromatic heterocycles. The Morgan fingerprint density at radius 3 is 2.67 bits per heavy atom. The molecular weight excluding hydrogens is 224 g/mol. The minimum Gasteiger partial charge on any atom is -0.376 e. The second-order valence-electron chi connectivity index (χ2n) is 5.55. The zero-order valence-corrected chi connectivity index (χ0v) is 12.7. The molecule has 0 amide bonds. The Labute approximate surface area is 113 Å². The maximum absolute atomic E-state index is 5.80. The summed E-state index contributed by atoms with van der Waals surface area (Å²) in [4.78, 5) is 2.69. The van der Waals surface area contributed by atoms with Crippen molar-refractivity contribution in [1.82, 2.24) is 10.2 Å². The van der Waals surface area contributed by atoms with Gasteiger partial charge in [-0.1, -0.05) is 27.2 Å². The number of nitrogens with zero attached hydrogens (tertiary/aromatic N) is 1.